The van der Waals surface area contributed by atoms with Crippen LogP contribution < -0.4 is 0 Å². The normalized spacial score (nSPS) is 10.8. The Balaban J connectivity index is 2.19. The Bertz CT molecular complexity index is 709. The van der Waals surface area contributed by atoms with Crippen LogP contribution in [0.5, 0.6) is 0 Å². The zero-order valence-corrected chi connectivity index (χ0v) is 11.5. The Kier molecular flexibility index (Phi) is 3.08. The van der Waals surface area contributed by atoms with Crippen LogP contribution in [0.3, 0.4) is 0 Å². The molecule has 0 aliphatic carbocycles. The SMILES string of the molecule is Cc1cc2ccccc2c(Cc2ccccc2)c1C. The summed E-state index contributed by atoms with van der Waals surface area (Å²) < 4.78 is 0. The van der Waals surface area contributed by atoms with E-state index in [1.165, 1.54) is 33.0 Å². The molecular formula is C19H18. The van der Waals surface area contributed by atoms with E-state index in [0.29, 0.717) is 0 Å². The summed E-state index contributed by atoms with van der Waals surface area (Å²) in [6.07, 6.45) is 1.01. The second-order valence-corrected chi connectivity index (χ2v) is 5.18. The van der Waals surface area contributed by atoms with E-state index in [1.54, 1.807) is 0 Å². The number of rotatable bonds is 2. The minimum atomic E-state index is 1.01. The van der Waals surface area contributed by atoms with Crippen LogP contribution in [-0.2, 0) is 6.42 Å². The molecule has 0 saturated carbocycles. The first-order valence-electron chi connectivity index (χ1n) is 6.77. The predicted molar refractivity (Wildman–Crippen MR) is 82.7 cm³/mol. The number of benzene rings is 3. The summed E-state index contributed by atoms with van der Waals surface area (Å²) in [5.74, 6) is 0. The molecule has 0 radical (unpaired) electrons. The molecule has 3 aromatic rings. The monoisotopic (exact) mass is 246 g/mol. The fraction of sp³-hybridized carbons (Fsp3) is 0.158. The van der Waals surface area contributed by atoms with Crippen LogP contribution >= 0.6 is 0 Å². The Labute approximate surface area is 114 Å². The molecule has 94 valence electrons. The van der Waals surface area contributed by atoms with Gasteiger partial charge < -0.3 is 0 Å². The van der Waals surface area contributed by atoms with Crippen molar-refractivity contribution in [2.75, 3.05) is 0 Å². The standard InChI is InChI=1S/C19H18/c1-14-12-17-10-6-7-11-18(17)19(15(14)2)13-16-8-4-3-5-9-16/h3-12H,13H2,1-2H3. The Morgan fingerprint density at radius 2 is 1.47 bits per heavy atom. The molecule has 0 heterocycles. The van der Waals surface area contributed by atoms with E-state index in [2.05, 4.69) is 74.5 Å². The molecule has 0 heteroatoms. The van der Waals surface area contributed by atoms with Gasteiger partial charge in [0.2, 0.25) is 0 Å². The molecule has 0 spiro atoms. The lowest BCUT2D eigenvalue weighted by Gasteiger charge is -2.13. The van der Waals surface area contributed by atoms with Crippen molar-refractivity contribution in [1.82, 2.24) is 0 Å². The molecule has 0 aromatic heterocycles. The fourth-order valence-corrected chi connectivity index (χ4v) is 2.71. The fourth-order valence-electron chi connectivity index (χ4n) is 2.71. The van der Waals surface area contributed by atoms with Crippen molar-refractivity contribution in [3.05, 3.63) is 82.9 Å². The van der Waals surface area contributed by atoms with Gasteiger partial charge in [0.15, 0.2) is 0 Å². The van der Waals surface area contributed by atoms with Gasteiger partial charge in [-0.05, 0) is 53.3 Å². The smallest absolute Gasteiger partial charge is 0.00169 e. The molecule has 0 fully saturated rings. The minimum Gasteiger partial charge on any atom is -0.0622 e. The van der Waals surface area contributed by atoms with Gasteiger partial charge in [0.25, 0.3) is 0 Å². The first-order valence-corrected chi connectivity index (χ1v) is 6.77. The highest BCUT2D eigenvalue weighted by molar-refractivity contribution is 5.88. The quantitative estimate of drug-likeness (QED) is 0.593. The first-order chi connectivity index (χ1) is 9.25. The molecule has 3 aromatic carbocycles. The van der Waals surface area contributed by atoms with Gasteiger partial charge >= 0.3 is 0 Å². The van der Waals surface area contributed by atoms with Crippen LogP contribution in [0.4, 0.5) is 0 Å². The summed E-state index contributed by atoms with van der Waals surface area (Å²) in [7, 11) is 0. The van der Waals surface area contributed by atoms with E-state index in [4.69, 9.17) is 0 Å². The highest BCUT2D eigenvalue weighted by Gasteiger charge is 2.08. The number of hydrogen-bond donors (Lipinski definition) is 0. The van der Waals surface area contributed by atoms with Crippen molar-refractivity contribution < 1.29 is 0 Å². The van der Waals surface area contributed by atoms with Gasteiger partial charge in [0, 0.05) is 0 Å². The summed E-state index contributed by atoms with van der Waals surface area (Å²) in [6.45, 7) is 4.44. The molecular weight excluding hydrogens is 228 g/mol. The van der Waals surface area contributed by atoms with E-state index in [-0.39, 0.29) is 0 Å². The molecule has 19 heavy (non-hydrogen) atoms. The van der Waals surface area contributed by atoms with E-state index < -0.39 is 0 Å². The molecule has 0 nitrogen and oxygen atoms in total. The predicted octanol–water partition coefficient (Wildman–Crippen LogP) is 5.05. The maximum atomic E-state index is 2.29. The maximum absolute atomic E-state index is 2.29. The molecule has 0 unspecified atom stereocenters. The van der Waals surface area contributed by atoms with Gasteiger partial charge in [-0.1, -0.05) is 60.7 Å². The van der Waals surface area contributed by atoms with E-state index in [1.807, 2.05) is 0 Å². The van der Waals surface area contributed by atoms with Crippen molar-refractivity contribution in [2.45, 2.75) is 20.3 Å². The largest absolute Gasteiger partial charge is 0.0622 e. The molecule has 3 rings (SSSR count). The van der Waals surface area contributed by atoms with E-state index in [9.17, 15) is 0 Å². The number of fused-ring (bicyclic) bond motifs is 1. The topological polar surface area (TPSA) is 0 Å². The second-order valence-electron chi connectivity index (χ2n) is 5.18. The van der Waals surface area contributed by atoms with Crippen LogP contribution in [-0.4, -0.2) is 0 Å². The molecule has 0 N–H and O–H groups in total. The highest BCUT2D eigenvalue weighted by atomic mass is 14.1. The molecule has 0 bridgehead atoms. The third-order valence-corrected chi connectivity index (χ3v) is 3.93. The molecule has 0 atom stereocenters. The Morgan fingerprint density at radius 3 is 2.26 bits per heavy atom. The van der Waals surface area contributed by atoms with Crippen molar-refractivity contribution in [2.24, 2.45) is 0 Å². The lowest BCUT2D eigenvalue weighted by Crippen LogP contribution is -1.96. The summed E-state index contributed by atoms with van der Waals surface area (Å²) in [5.41, 5.74) is 5.63. The summed E-state index contributed by atoms with van der Waals surface area (Å²) >= 11 is 0. The van der Waals surface area contributed by atoms with Crippen molar-refractivity contribution in [1.29, 1.82) is 0 Å². The van der Waals surface area contributed by atoms with Gasteiger partial charge in [0.1, 0.15) is 0 Å². The Hall–Kier alpha value is -2.08. The lowest BCUT2D eigenvalue weighted by molar-refractivity contribution is 1.16. The maximum Gasteiger partial charge on any atom is -0.00169 e. The lowest BCUT2D eigenvalue weighted by atomic mass is 9.91. The average molecular weight is 246 g/mol. The average Bonchev–Trinajstić information content (AvgIpc) is 2.45. The first kappa shape index (κ1) is 12.0. The molecule has 0 amide bonds. The van der Waals surface area contributed by atoms with Gasteiger partial charge in [-0.25, -0.2) is 0 Å². The zero-order valence-electron chi connectivity index (χ0n) is 11.5. The van der Waals surface area contributed by atoms with Crippen LogP contribution in [0.2, 0.25) is 0 Å². The van der Waals surface area contributed by atoms with Crippen LogP contribution in [0, 0.1) is 13.8 Å². The van der Waals surface area contributed by atoms with Crippen LogP contribution in [0.1, 0.15) is 22.3 Å². The van der Waals surface area contributed by atoms with Crippen molar-refractivity contribution in [3.63, 3.8) is 0 Å². The van der Waals surface area contributed by atoms with Crippen LogP contribution in [0.15, 0.2) is 60.7 Å². The third-order valence-electron chi connectivity index (χ3n) is 3.93. The molecule has 0 aliphatic rings. The summed E-state index contributed by atoms with van der Waals surface area (Å²) in [4.78, 5) is 0. The second kappa shape index (κ2) is 4.89. The number of hydrogen-bond acceptors (Lipinski definition) is 0. The minimum absolute atomic E-state index is 1.01. The van der Waals surface area contributed by atoms with E-state index in [0.717, 1.165) is 6.42 Å². The van der Waals surface area contributed by atoms with Crippen molar-refractivity contribution >= 4 is 10.8 Å². The van der Waals surface area contributed by atoms with E-state index >= 15 is 0 Å². The highest BCUT2D eigenvalue weighted by Crippen LogP contribution is 2.27. The molecule has 0 saturated heterocycles. The van der Waals surface area contributed by atoms with Gasteiger partial charge in [-0.2, -0.15) is 0 Å². The number of aryl methyl sites for hydroxylation is 1. The summed E-state index contributed by atoms with van der Waals surface area (Å²) in [5, 5.41) is 2.73. The van der Waals surface area contributed by atoms with Gasteiger partial charge in [0.05, 0.1) is 0 Å². The summed E-state index contributed by atoms with van der Waals surface area (Å²) in [6, 6.07) is 21.7. The zero-order chi connectivity index (χ0) is 13.2. The third kappa shape index (κ3) is 2.26. The van der Waals surface area contributed by atoms with Gasteiger partial charge in [-0.15, -0.1) is 0 Å². The Morgan fingerprint density at radius 1 is 0.789 bits per heavy atom. The molecule has 0 aliphatic heterocycles. The van der Waals surface area contributed by atoms with Crippen molar-refractivity contribution in [3.8, 4) is 0 Å². The van der Waals surface area contributed by atoms with Crippen LogP contribution in [0.25, 0.3) is 10.8 Å². The van der Waals surface area contributed by atoms with Gasteiger partial charge in [-0.3, -0.25) is 0 Å².